The number of nitrogens with one attached hydrogen (secondary N) is 1. The molecule has 3 aromatic rings. The Morgan fingerprint density at radius 1 is 0.909 bits per heavy atom. The monoisotopic (exact) mass is 446 g/mol. The van der Waals surface area contributed by atoms with Crippen LogP contribution in [0.4, 0.5) is 5.69 Å². The number of carbonyl (C=O) groups is 2. The summed E-state index contributed by atoms with van der Waals surface area (Å²) < 4.78 is 5.92. The maximum atomic E-state index is 12.6. The lowest BCUT2D eigenvalue weighted by molar-refractivity contribution is -0.384. The molecule has 0 saturated carbocycles. The summed E-state index contributed by atoms with van der Waals surface area (Å²) in [6.45, 7) is 4.42. The van der Waals surface area contributed by atoms with Crippen LogP contribution in [0.25, 0.3) is 0 Å². The highest BCUT2D eigenvalue weighted by molar-refractivity contribution is 5.98. The minimum absolute atomic E-state index is 0.0303. The van der Waals surface area contributed by atoms with Crippen molar-refractivity contribution in [3.05, 3.63) is 105 Å². The van der Waals surface area contributed by atoms with Gasteiger partial charge in [0.1, 0.15) is 12.4 Å². The Balaban J connectivity index is 1.54. The largest absolute Gasteiger partial charge is 0.488 e. The zero-order valence-corrected chi connectivity index (χ0v) is 18.7. The third kappa shape index (κ3) is 6.74. The molecule has 0 radical (unpaired) electrons. The van der Waals surface area contributed by atoms with Gasteiger partial charge in [0.05, 0.1) is 4.92 Å². The van der Waals surface area contributed by atoms with E-state index >= 15 is 0 Å². The summed E-state index contributed by atoms with van der Waals surface area (Å²) in [6, 6.07) is 19.3. The van der Waals surface area contributed by atoms with E-state index in [9.17, 15) is 19.7 Å². The fourth-order valence-corrected chi connectivity index (χ4v) is 3.46. The first-order chi connectivity index (χ1) is 15.8. The first kappa shape index (κ1) is 23.7. The van der Waals surface area contributed by atoms with Crippen LogP contribution in [-0.2, 0) is 17.9 Å². The van der Waals surface area contributed by atoms with Crippen molar-refractivity contribution in [2.24, 2.45) is 0 Å². The lowest BCUT2D eigenvalue weighted by atomic mass is 10.00. The van der Waals surface area contributed by atoms with Gasteiger partial charge in [-0.15, -0.1) is 0 Å². The minimum Gasteiger partial charge on any atom is -0.488 e. The van der Waals surface area contributed by atoms with E-state index in [0.29, 0.717) is 17.9 Å². The highest BCUT2D eigenvalue weighted by Crippen LogP contribution is 2.27. The quantitative estimate of drug-likeness (QED) is 0.266. The summed E-state index contributed by atoms with van der Waals surface area (Å²) in [5, 5.41) is 13.6. The molecule has 0 fully saturated rings. The smallest absolute Gasteiger partial charge is 0.269 e. The Morgan fingerprint density at radius 2 is 1.55 bits per heavy atom. The van der Waals surface area contributed by atoms with Crippen molar-refractivity contribution in [3.8, 4) is 5.75 Å². The number of benzene rings is 3. The molecule has 0 aliphatic rings. The second-order valence-corrected chi connectivity index (χ2v) is 7.84. The number of ether oxygens (including phenoxy) is 1. The molecular weight excluding hydrogens is 420 g/mol. The molecule has 0 aromatic heterocycles. The first-order valence-electron chi connectivity index (χ1n) is 10.6. The Morgan fingerprint density at radius 3 is 2.15 bits per heavy atom. The van der Waals surface area contributed by atoms with Crippen LogP contribution >= 0.6 is 0 Å². The standard InChI is InChI=1S/C26H26N2O5/c1-18-14-22(24(29)12-13-25(30)27-16-20-6-4-3-5-7-20)15-19(2)26(18)33-17-21-8-10-23(11-9-21)28(31)32/h3-11,14-15H,12-13,16-17H2,1-2H3,(H,27,30). The van der Waals surface area contributed by atoms with Gasteiger partial charge in [-0.05, 0) is 60.4 Å². The SMILES string of the molecule is Cc1cc(C(=O)CCC(=O)NCc2ccccc2)cc(C)c1OCc1ccc([N+](=O)[O-])cc1. The number of rotatable bonds is 10. The van der Waals surface area contributed by atoms with Gasteiger partial charge in [0.2, 0.25) is 5.91 Å². The molecule has 0 bridgehead atoms. The highest BCUT2D eigenvalue weighted by atomic mass is 16.6. The Kier molecular flexibility index (Phi) is 7.91. The molecule has 1 amide bonds. The van der Waals surface area contributed by atoms with Crippen LogP contribution in [0.5, 0.6) is 5.75 Å². The highest BCUT2D eigenvalue weighted by Gasteiger charge is 2.14. The number of ketones is 1. The van der Waals surface area contributed by atoms with Crippen molar-refractivity contribution in [1.29, 1.82) is 0 Å². The van der Waals surface area contributed by atoms with E-state index in [-0.39, 0.29) is 36.8 Å². The van der Waals surface area contributed by atoms with Crippen LogP contribution in [0.3, 0.4) is 0 Å². The van der Waals surface area contributed by atoms with Crippen LogP contribution in [0.15, 0.2) is 66.7 Å². The summed E-state index contributed by atoms with van der Waals surface area (Å²) in [5.41, 5.74) is 4.02. The van der Waals surface area contributed by atoms with Gasteiger partial charge in [0.25, 0.3) is 5.69 Å². The van der Waals surface area contributed by atoms with Crippen molar-refractivity contribution in [2.75, 3.05) is 0 Å². The molecule has 0 saturated heterocycles. The van der Waals surface area contributed by atoms with Gasteiger partial charge >= 0.3 is 0 Å². The zero-order chi connectivity index (χ0) is 23.8. The van der Waals surface area contributed by atoms with Crippen LogP contribution in [-0.4, -0.2) is 16.6 Å². The molecule has 3 aromatic carbocycles. The average molecular weight is 447 g/mol. The van der Waals surface area contributed by atoms with Gasteiger partial charge in [-0.3, -0.25) is 19.7 Å². The number of hydrogen-bond donors (Lipinski definition) is 1. The molecule has 0 unspecified atom stereocenters. The van der Waals surface area contributed by atoms with Crippen molar-refractivity contribution < 1.29 is 19.2 Å². The number of nitro groups is 1. The van der Waals surface area contributed by atoms with E-state index in [0.717, 1.165) is 22.3 Å². The minimum atomic E-state index is -0.443. The Bertz CT molecular complexity index is 1120. The molecule has 0 heterocycles. The molecule has 0 atom stereocenters. The van der Waals surface area contributed by atoms with E-state index in [4.69, 9.17) is 4.74 Å². The maximum absolute atomic E-state index is 12.6. The van der Waals surface area contributed by atoms with Gasteiger partial charge in [0, 0.05) is 37.1 Å². The predicted molar refractivity (Wildman–Crippen MR) is 125 cm³/mol. The third-order valence-electron chi connectivity index (χ3n) is 5.22. The molecule has 0 spiro atoms. The molecule has 170 valence electrons. The number of nitrogens with zero attached hydrogens (tertiary/aromatic N) is 1. The molecular formula is C26H26N2O5. The Labute approximate surface area is 192 Å². The van der Waals surface area contributed by atoms with E-state index in [1.54, 1.807) is 24.3 Å². The van der Waals surface area contributed by atoms with Gasteiger partial charge in [-0.2, -0.15) is 0 Å². The van der Waals surface area contributed by atoms with Crippen LogP contribution < -0.4 is 10.1 Å². The van der Waals surface area contributed by atoms with Crippen molar-refractivity contribution in [1.82, 2.24) is 5.32 Å². The molecule has 7 nitrogen and oxygen atoms in total. The van der Waals surface area contributed by atoms with E-state index in [1.165, 1.54) is 12.1 Å². The second-order valence-electron chi connectivity index (χ2n) is 7.84. The van der Waals surface area contributed by atoms with Crippen LogP contribution in [0, 0.1) is 24.0 Å². The number of carbonyl (C=O) groups excluding carboxylic acids is 2. The first-order valence-corrected chi connectivity index (χ1v) is 10.6. The zero-order valence-electron chi connectivity index (χ0n) is 18.7. The lowest BCUT2D eigenvalue weighted by Gasteiger charge is -2.14. The summed E-state index contributed by atoms with van der Waals surface area (Å²) >= 11 is 0. The molecule has 0 aliphatic heterocycles. The predicted octanol–water partition coefficient (Wildman–Crippen LogP) is 5.07. The van der Waals surface area contributed by atoms with E-state index < -0.39 is 4.92 Å². The maximum Gasteiger partial charge on any atom is 0.269 e. The Hall–Kier alpha value is -4.00. The van der Waals surface area contributed by atoms with Gasteiger partial charge in [-0.25, -0.2) is 0 Å². The summed E-state index contributed by atoms with van der Waals surface area (Å²) in [4.78, 5) is 35.1. The fourth-order valence-electron chi connectivity index (χ4n) is 3.46. The number of amides is 1. The van der Waals surface area contributed by atoms with Gasteiger partial charge in [0.15, 0.2) is 5.78 Å². The van der Waals surface area contributed by atoms with Crippen molar-refractivity contribution >= 4 is 17.4 Å². The molecule has 0 aliphatic carbocycles. The van der Waals surface area contributed by atoms with E-state index in [1.807, 2.05) is 44.2 Å². The van der Waals surface area contributed by atoms with Crippen molar-refractivity contribution in [3.63, 3.8) is 0 Å². The number of non-ortho nitro benzene ring substituents is 1. The normalized spacial score (nSPS) is 10.5. The average Bonchev–Trinajstić information content (AvgIpc) is 2.81. The van der Waals surface area contributed by atoms with Gasteiger partial charge in [-0.1, -0.05) is 30.3 Å². The number of hydrogen-bond acceptors (Lipinski definition) is 5. The third-order valence-corrected chi connectivity index (χ3v) is 5.22. The van der Waals surface area contributed by atoms with Gasteiger partial charge < -0.3 is 10.1 Å². The summed E-state index contributed by atoms with van der Waals surface area (Å²) in [7, 11) is 0. The molecule has 3 rings (SSSR count). The number of nitro benzene ring substituents is 1. The number of Topliss-reactive ketones (excluding diaryl/α,β-unsaturated/α-hetero) is 1. The van der Waals surface area contributed by atoms with Crippen LogP contribution in [0.2, 0.25) is 0 Å². The molecule has 1 N–H and O–H groups in total. The summed E-state index contributed by atoms with van der Waals surface area (Å²) in [5.74, 6) is 0.409. The summed E-state index contributed by atoms with van der Waals surface area (Å²) in [6.07, 6.45) is 0.255. The van der Waals surface area contributed by atoms with Crippen molar-refractivity contribution in [2.45, 2.75) is 39.8 Å². The molecule has 33 heavy (non-hydrogen) atoms. The van der Waals surface area contributed by atoms with E-state index in [2.05, 4.69) is 5.32 Å². The topological polar surface area (TPSA) is 98.5 Å². The number of aryl methyl sites for hydroxylation is 2. The lowest BCUT2D eigenvalue weighted by Crippen LogP contribution is -2.23. The fraction of sp³-hybridized carbons (Fsp3) is 0.231. The second kappa shape index (κ2) is 11.0. The molecule has 7 heteroatoms. The van der Waals surface area contributed by atoms with Crippen LogP contribution in [0.1, 0.15) is 45.5 Å².